The van der Waals surface area contributed by atoms with Gasteiger partial charge in [0.15, 0.2) is 5.11 Å². The fourth-order valence-electron chi connectivity index (χ4n) is 1.90. The highest BCUT2D eigenvalue weighted by Gasteiger charge is 2.19. The minimum atomic E-state index is -0.718. The van der Waals surface area contributed by atoms with Crippen molar-refractivity contribution in [2.75, 3.05) is 10.2 Å². The van der Waals surface area contributed by atoms with Crippen LogP contribution in [-0.4, -0.2) is 11.1 Å². The number of hydrogen-bond acceptors (Lipinski definition) is 2. The average Bonchev–Trinajstić information content (AvgIpc) is 2.44. The Hall–Kier alpha value is -1.53. The maximum absolute atomic E-state index is 11.8. The second-order valence-electron chi connectivity index (χ2n) is 4.69. The molecule has 0 aliphatic heterocycles. The van der Waals surface area contributed by atoms with Gasteiger partial charge in [0.2, 0.25) is 0 Å². The lowest BCUT2D eigenvalue weighted by atomic mass is 10.2. The quantitative estimate of drug-likeness (QED) is 0.546. The summed E-state index contributed by atoms with van der Waals surface area (Å²) in [7, 11) is 0. The van der Waals surface area contributed by atoms with Gasteiger partial charge >= 0.3 is 6.03 Å². The predicted molar refractivity (Wildman–Crippen MR) is 101 cm³/mol. The van der Waals surface area contributed by atoms with Gasteiger partial charge in [-0.1, -0.05) is 46.9 Å². The summed E-state index contributed by atoms with van der Waals surface area (Å²) in [4.78, 5) is 13.0. The summed E-state index contributed by atoms with van der Waals surface area (Å²) >= 11 is 23.2. The van der Waals surface area contributed by atoms with Crippen LogP contribution < -0.4 is 16.0 Å². The molecule has 0 aliphatic rings. The Bertz CT molecular complexity index is 783. The van der Waals surface area contributed by atoms with E-state index in [1.54, 1.807) is 18.2 Å². The molecule has 0 atom stereocenters. The molecule has 0 aliphatic carbocycles. The molecule has 2 aromatic rings. The van der Waals surface area contributed by atoms with Gasteiger partial charge in [0.1, 0.15) is 0 Å². The summed E-state index contributed by atoms with van der Waals surface area (Å²) in [5, 5.41) is 3.87. The minimum Gasteiger partial charge on any atom is -0.351 e. The lowest BCUT2D eigenvalue weighted by molar-refractivity contribution is 0.256. The average molecular weight is 389 g/mol. The molecule has 0 saturated heterocycles. The number of nitrogens with two attached hydrogens (primary N) is 1. The molecule has 2 rings (SSSR count). The van der Waals surface area contributed by atoms with E-state index in [0.717, 1.165) is 5.56 Å². The molecule has 0 fully saturated rings. The number of rotatable bonds is 2. The standard InChI is InChI=1S/C15H12Cl3N3OS/c1-8-3-2-4-9(5-8)21(14(19)22)15(23)20-13-7-11(17)10(16)6-12(13)18/h2-7H,1H3,(H2,19,22)(H,20,23). The number of carbonyl (C=O) groups is 1. The number of nitrogens with one attached hydrogen (secondary N) is 1. The van der Waals surface area contributed by atoms with E-state index in [1.165, 1.54) is 17.0 Å². The van der Waals surface area contributed by atoms with Gasteiger partial charge in [-0.05, 0) is 49.0 Å². The summed E-state index contributed by atoms with van der Waals surface area (Å²) in [6.07, 6.45) is 0. The molecule has 120 valence electrons. The first-order chi connectivity index (χ1) is 10.8. The van der Waals surface area contributed by atoms with E-state index >= 15 is 0 Å². The fourth-order valence-corrected chi connectivity index (χ4v) is 2.80. The molecule has 3 N–H and O–H groups in total. The van der Waals surface area contributed by atoms with Crippen LogP contribution in [0.1, 0.15) is 5.56 Å². The van der Waals surface area contributed by atoms with Crippen molar-refractivity contribution in [2.24, 2.45) is 5.73 Å². The first kappa shape index (κ1) is 17.8. The Labute approximate surface area is 154 Å². The summed E-state index contributed by atoms with van der Waals surface area (Å²) in [5.41, 5.74) is 7.38. The summed E-state index contributed by atoms with van der Waals surface area (Å²) < 4.78 is 0. The zero-order chi connectivity index (χ0) is 17.1. The van der Waals surface area contributed by atoms with E-state index in [9.17, 15) is 4.79 Å². The van der Waals surface area contributed by atoms with Crippen LogP contribution in [0.3, 0.4) is 0 Å². The Morgan fingerprint density at radius 2 is 1.78 bits per heavy atom. The van der Waals surface area contributed by atoms with E-state index in [0.29, 0.717) is 26.4 Å². The smallest absolute Gasteiger partial charge is 0.325 e. The number of benzene rings is 2. The van der Waals surface area contributed by atoms with Crippen LogP contribution >= 0.6 is 47.0 Å². The monoisotopic (exact) mass is 387 g/mol. The normalized spacial score (nSPS) is 10.3. The zero-order valence-corrected chi connectivity index (χ0v) is 15.0. The van der Waals surface area contributed by atoms with Gasteiger partial charge in [-0.3, -0.25) is 0 Å². The number of aryl methyl sites for hydroxylation is 1. The van der Waals surface area contributed by atoms with Gasteiger partial charge in [0.05, 0.1) is 26.4 Å². The molecule has 0 spiro atoms. The maximum Gasteiger partial charge on any atom is 0.325 e. The molecule has 2 aromatic carbocycles. The van der Waals surface area contributed by atoms with Crippen LogP contribution in [0.2, 0.25) is 15.1 Å². The lowest BCUT2D eigenvalue weighted by Gasteiger charge is -2.23. The third kappa shape index (κ3) is 4.26. The summed E-state index contributed by atoms with van der Waals surface area (Å²) in [6.45, 7) is 1.90. The van der Waals surface area contributed by atoms with Crippen LogP contribution in [-0.2, 0) is 0 Å². The molecule has 0 saturated carbocycles. The number of hydrogen-bond donors (Lipinski definition) is 2. The first-order valence-corrected chi connectivity index (χ1v) is 7.95. The Morgan fingerprint density at radius 3 is 2.39 bits per heavy atom. The second kappa shape index (κ2) is 7.36. The van der Waals surface area contributed by atoms with Crippen molar-refractivity contribution < 1.29 is 4.79 Å². The third-order valence-electron chi connectivity index (χ3n) is 2.93. The number of amides is 2. The molecule has 0 aromatic heterocycles. The Morgan fingerprint density at radius 1 is 1.13 bits per heavy atom. The highest BCUT2D eigenvalue weighted by atomic mass is 35.5. The number of halogens is 3. The largest absolute Gasteiger partial charge is 0.351 e. The molecule has 0 heterocycles. The van der Waals surface area contributed by atoms with Crippen LogP contribution in [0.5, 0.6) is 0 Å². The highest BCUT2D eigenvalue weighted by Crippen LogP contribution is 2.32. The number of thiocarbonyl (C=S) groups is 1. The van der Waals surface area contributed by atoms with E-state index in [4.69, 9.17) is 52.8 Å². The van der Waals surface area contributed by atoms with E-state index in [2.05, 4.69) is 5.32 Å². The van der Waals surface area contributed by atoms with Gasteiger partial charge in [-0.15, -0.1) is 0 Å². The van der Waals surface area contributed by atoms with Crippen molar-refractivity contribution in [1.82, 2.24) is 0 Å². The van der Waals surface area contributed by atoms with Crippen LogP contribution in [0, 0.1) is 6.92 Å². The maximum atomic E-state index is 11.8. The first-order valence-electron chi connectivity index (χ1n) is 6.41. The summed E-state index contributed by atoms with van der Waals surface area (Å²) in [6, 6.07) is 9.50. The zero-order valence-electron chi connectivity index (χ0n) is 11.9. The Kier molecular flexibility index (Phi) is 5.70. The highest BCUT2D eigenvalue weighted by molar-refractivity contribution is 7.80. The molecule has 0 bridgehead atoms. The van der Waals surface area contributed by atoms with Crippen molar-refractivity contribution in [2.45, 2.75) is 6.92 Å². The van der Waals surface area contributed by atoms with Gasteiger partial charge in [-0.25, -0.2) is 9.69 Å². The molecular formula is C15H12Cl3N3OS. The summed E-state index contributed by atoms with van der Waals surface area (Å²) in [5.74, 6) is 0. The molecule has 4 nitrogen and oxygen atoms in total. The topological polar surface area (TPSA) is 58.4 Å². The van der Waals surface area contributed by atoms with Crippen molar-refractivity contribution in [3.8, 4) is 0 Å². The molecule has 8 heteroatoms. The number of nitrogens with zero attached hydrogens (tertiary/aromatic N) is 1. The molecule has 0 radical (unpaired) electrons. The second-order valence-corrected chi connectivity index (χ2v) is 6.30. The number of urea groups is 1. The van der Waals surface area contributed by atoms with Gasteiger partial charge < -0.3 is 11.1 Å². The third-order valence-corrected chi connectivity index (χ3v) is 4.25. The van der Waals surface area contributed by atoms with Crippen LogP contribution in [0.25, 0.3) is 0 Å². The predicted octanol–water partition coefficient (Wildman–Crippen LogP) is 5.24. The van der Waals surface area contributed by atoms with E-state index < -0.39 is 6.03 Å². The molecule has 0 unspecified atom stereocenters. The number of primary amides is 1. The van der Waals surface area contributed by atoms with Gasteiger partial charge in [0, 0.05) is 0 Å². The number of carbonyl (C=O) groups excluding carboxylic acids is 1. The van der Waals surface area contributed by atoms with Crippen LogP contribution in [0.15, 0.2) is 36.4 Å². The fraction of sp³-hybridized carbons (Fsp3) is 0.0667. The van der Waals surface area contributed by atoms with Gasteiger partial charge in [0.25, 0.3) is 0 Å². The van der Waals surface area contributed by atoms with Crippen molar-refractivity contribution >= 4 is 69.5 Å². The van der Waals surface area contributed by atoms with Crippen molar-refractivity contribution in [3.05, 3.63) is 57.0 Å². The Balaban J connectivity index is 2.33. The van der Waals surface area contributed by atoms with E-state index in [1.807, 2.05) is 13.0 Å². The molecule has 23 heavy (non-hydrogen) atoms. The lowest BCUT2D eigenvalue weighted by Crippen LogP contribution is -2.43. The minimum absolute atomic E-state index is 0.0726. The van der Waals surface area contributed by atoms with E-state index in [-0.39, 0.29) is 5.11 Å². The van der Waals surface area contributed by atoms with Crippen LogP contribution in [0.4, 0.5) is 16.2 Å². The molecular weight excluding hydrogens is 377 g/mol. The number of anilines is 2. The van der Waals surface area contributed by atoms with Crippen molar-refractivity contribution in [3.63, 3.8) is 0 Å². The molecule has 2 amide bonds. The van der Waals surface area contributed by atoms with Crippen molar-refractivity contribution in [1.29, 1.82) is 0 Å². The van der Waals surface area contributed by atoms with Gasteiger partial charge in [-0.2, -0.15) is 0 Å². The SMILES string of the molecule is Cc1cccc(N(C(N)=O)C(=S)Nc2cc(Cl)c(Cl)cc2Cl)c1.